The molecule has 0 bridgehead atoms. The van der Waals surface area contributed by atoms with Gasteiger partial charge in [-0.25, -0.2) is 4.79 Å². The predicted octanol–water partition coefficient (Wildman–Crippen LogP) is 0.593. The molecule has 1 rings (SSSR count). The van der Waals surface area contributed by atoms with Crippen LogP contribution in [0, 0.1) is 5.92 Å². The number of hydrogen-bond acceptors (Lipinski definition) is 5. The minimum absolute atomic E-state index is 0.224. The highest BCUT2D eigenvalue weighted by molar-refractivity contribution is 5.81. The van der Waals surface area contributed by atoms with Crippen LogP contribution in [0.25, 0.3) is 0 Å². The Bertz CT molecular complexity index is 310. The van der Waals surface area contributed by atoms with Crippen LogP contribution in [0.15, 0.2) is 4.42 Å². The fourth-order valence-electron chi connectivity index (χ4n) is 1.06. The topological polar surface area (TPSA) is 85.5 Å². The number of rotatable bonds is 5. The Hall–Kier alpha value is -1.43. The third-order valence-corrected chi connectivity index (χ3v) is 1.62. The molecule has 78 valence electrons. The minimum atomic E-state index is -1.21. The van der Waals surface area contributed by atoms with Crippen LogP contribution in [0.3, 0.4) is 0 Å². The van der Waals surface area contributed by atoms with Crippen LogP contribution in [0.1, 0.15) is 23.5 Å². The number of aromatic carboxylic acids is 1. The fourth-order valence-corrected chi connectivity index (χ4v) is 1.06. The average molecular weight is 200 g/mol. The molecule has 0 aliphatic heterocycles. The van der Waals surface area contributed by atoms with Crippen molar-refractivity contribution >= 4 is 5.97 Å². The van der Waals surface area contributed by atoms with Gasteiger partial charge in [-0.3, -0.25) is 0 Å². The smallest absolute Gasteiger partial charge is 0.393 e. The number of carboxylic acids is 1. The molecule has 6 nitrogen and oxygen atoms in total. The molecule has 1 N–H and O–H groups in total. The first-order valence-corrected chi connectivity index (χ1v) is 4.18. The quantitative estimate of drug-likeness (QED) is 0.748. The van der Waals surface area contributed by atoms with E-state index >= 15 is 0 Å². The molecular formula is C8H12N2O4. The van der Waals surface area contributed by atoms with Crippen LogP contribution in [0.2, 0.25) is 0 Å². The summed E-state index contributed by atoms with van der Waals surface area (Å²) in [5.41, 5.74) is 0. The van der Waals surface area contributed by atoms with E-state index in [-0.39, 0.29) is 11.8 Å². The summed E-state index contributed by atoms with van der Waals surface area (Å²) >= 11 is 0. The van der Waals surface area contributed by atoms with E-state index in [9.17, 15) is 4.79 Å². The summed E-state index contributed by atoms with van der Waals surface area (Å²) < 4.78 is 9.81. The van der Waals surface area contributed by atoms with E-state index in [0.717, 1.165) is 0 Å². The Morgan fingerprint density at radius 1 is 1.64 bits per heavy atom. The molecule has 0 fully saturated rings. The molecular weight excluding hydrogens is 188 g/mol. The van der Waals surface area contributed by atoms with Gasteiger partial charge in [0.25, 0.3) is 0 Å². The van der Waals surface area contributed by atoms with E-state index < -0.39 is 5.97 Å². The Kier molecular flexibility index (Phi) is 3.58. The van der Waals surface area contributed by atoms with Gasteiger partial charge in [0.05, 0.1) is 0 Å². The van der Waals surface area contributed by atoms with Gasteiger partial charge in [0, 0.05) is 20.1 Å². The van der Waals surface area contributed by atoms with Crippen LogP contribution < -0.4 is 0 Å². The molecule has 0 aliphatic rings. The summed E-state index contributed by atoms with van der Waals surface area (Å²) in [5.74, 6) is -1.03. The molecule has 0 radical (unpaired) electrons. The summed E-state index contributed by atoms with van der Waals surface area (Å²) in [6.45, 7) is 2.53. The lowest BCUT2D eigenvalue weighted by Gasteiger charge is -2.05. The normalized spacial score (nSPS) is 12.7. The van der Waals surface area contributed by atoms with Crippen LogP contribution >= 0.6 is 0 Å². The zero-order valence-electron chi connectivity index (χ0n) is 8.06. The van der Waals surface area contributed by atoms with E-state index in [1.54, 1.807) is 7.11 Å². The molecule has 1 atom stereocenters. The van der Waals surface area contributed by atoms with Gasteiger partial charge in [0.2, 0.25) is 5.89 Å². The lowest BCUT2D eigenvalue weighted by atomic mass is 10.1. The molecule has 0 spiro atoms. The summed E-state index contributed by atoms with van der Waals surface area (Å²) in [6.07, 6.45) is 0.522. The second kappa shape index (κ2) is 4.71. The van der Waals surface area contributed by atoms with E-state index in [4.69, 9.17) is 14.3 Å². The predicted molar refractivity (Wildman–Crippen MR) is 46.0 cm³/mol. The Morgan fingerprint density at radius 3 is 2.86 bits per heavy atom. The first-order chi connectivity index (χ1) is 6.63. The van der Waals surface area contributed by atoms with E-state index in [0.29, 0.717) is 18.9 Å². The number of methoxy groups -OCH3 is 1. The minimum Gasteiger partial charge on any atom is -0.474 e. The summed E-state index contributed by atoms with van der Waals surface area (Å²) in [4.78, 5) is 10.4. The summed E-state index contributed by atoms with van der Waals surface area (Å²) in [6, 6.07) is 0. The highest BCUT2D eigenvalue weighted by Gasteiger charge is 2.14. The Labute approximate surface area is 80.9 Å². The monoisotopic (exact) mass is 200 g/mol. The van der Waals surface area contributed by atoms with Gasteiger partial charge in [-0.15, -0.1) is 10.2 Å². The molecule has 1 aromatic rings. The van der Waals surface area contributed by atoms with Crippen molar-refractivity contribution in [1.29, 1.82) is 0 Å². The lowest BCUT2D eigenvalue weighted by Crippen LogP contribution is -2.07. The van der Waals surface area contributed by atoms with E-state index in [1.165, 1.54) is 0 Å². The van der Waals surface area contributed by atoms with Crippen molar-refractivity contribution in [3.63, 3.8) is 0 Å². The number of carboxylic acid groups (broad SMARTS) is 1. The second-order valence-electron chi connectivity index (χ2n) is 3.07. The van der Waals surface area contributed by atoms with Crippen molar-refractivity contribution in [2.75, 3.05) is 13.7 Å². The van der Waals surface area contributed by atoms with Crippen LogP contribution in [-0.4, -0.2) is 35.0 Å². The molecule has 0 amide bonds. The number of carbonyl (C=O) groups is 1. The molecule has 0 aliphatic carbocycles. The standard InChI is InChI=1S/C8H12N2O4/c1-5(4-13-2)3-6-9-10-7(14-6)8(11)12/h5H,3-4H2,1-2H3,(H,11,12). The molecule has 0 saturated carbocycles. The molecule has 0 saturated heterocycles. The first kappa shape index (κ1) is 10.6. The largest absolute Gasteiger partial charge is 0.474 e. The van der Waals surface area contributed by atoms with Gasteiger partial charge < -0.3 is 14.3 Å². The average Bonchev–Trinajstić information content (AvgIpc) is 2.53. The zero-order valence-corrected chi connectivity index (χ0v) is 8.06. The highest BCUT2D eigenvalue weighted by Crippen LogP contribution is 2.07. The molecule has 14 heavy (non-hydrogen) atoms. The maximum atomic E-state index is 10.4. The zero-order chi connectivity index (χ0) is 10.6. The van der Waals surface area contributed by atoms with Crippen LogP contribution in [-0.2, 0) is 11.2 Å². The maximum Gasteiger partial charge on any atom is 0.393 e. The number of aromatic nitrogens is 2. The van der Waals surface area contributed by atoms with Gasteiger partial charge >= 0.3 is 11.9 Å². The molecule has 1 aromatic heterocycles. The molecule has 1 unspecified atom stereocenters. The third kappa shape index (κ3) is 2.81. The van der Waals surface area contributed by atoms with Crippen molar-refractivity contribution in [2.24, 2.45) is 5.92 Å². The van der Waals surface area contributed by atoms with Crippen molar-refractivity contribution in [1.82, 2.24) is 10.2 Å². The van der Waals surface area contributed by atoms with Crippen molar-refractivity contribution < 1.29 is 19.1 Å². The fraction of sp³-hybridized carbons (Fsp3) is 0.625. The lowest BCUT2D eigenvalue weighted by molar-refractivity contribution is 0.0650. The van der Waals surface area contributed by atoms with Crippen LogP contribution in [0.5, 0.6) is 0 Å². The first-order valence-electron chi connectivity index (χ1n) is 4.18. The van der Waals surface area contributed by atoms with Crippen LogP contribution in [0.4, 0.5) is 0 Å². The Balaban J connectivity index is 2.55. The number of hydrogen-bond donors (Lipinski definition) is 1. The molecule has 1 heterocycles. The van der Waals surface area contributed by atoms with Crippen molar-refractivity contribution in [3.8, 4) is 0 Å². The summed E-state index contributed by atoms with van der Waals surface area (Å²) in [7, 11) is 1.60. The van der Waals surface area contributed by atoms with Gasteiger partial charge in [0.15, 0.2) is 0 Å². The third-order valence-electron chi connectivity index (χ3n) is 1.62. The Morgan fingerprint density at radius 2 is 2.36 bits per heavy atom. The van der Waals surface area contributed by atoms with Gasteiger partial charge in [-0.2, -0.15) is 0 Å². The highest BCUT2D eigenvalue weighted by atomic mass is 16.5. The maximum absolute atomic E-state index is 10.4. The van der Waals surface area contributed by atoms with Crippen molar-refractivity contribution in [3.05, 3.63) is 11.8 Å². The molecule has 0 aromatic carbocycles. The summed E-state index contributed by atoms with van der Waals surface area (Å²) in [5, 5.41) is 15.5. The van der Waals surface area contributed by atoms with Gasteiger partial charge in [-0.05, 0) is 5.92 Å². The van der Waals surface area contributed by atoms with Gasteiger partial charge in [-0.1, -0.05) is 6.92 Å². The second-order valence-corrected chi connectivity index (χ2v) is 3.07. The van der Waals surface area contributed by atoms with Gasteiger partial charge in [0.1, 0.15) is 0 Å². The number of nitrogens with zero attached hydrogens (tertiary/aromatic N) is 2. The van der Waals surface area contributed by atoms with E-state index in [1.807, 2.05) is 6.92 Å². The van der Waals surface area contributed by atoms with E-state index in [2.05, 4.69) is 10.2 Å². The van der Waals surface area contributed by atoms with Crippen molar-refractivity contribution in [2.45, 2.75) is 13.3 Å². The number of ether oxygens (including phenoxy) is 1. The SMILES string of the molecule is COCC(C)Cc1nnc(C(=O)O)o1. The molecule has 6 heteroatoms.